The number of benzene rings is 5. The molecule has 5 aromatic carbocycles. The molecule has 0 atom stereocenters. The average molecular weight is 843 g/mol. The van der Waals surface area contributed by atoms with Crippen molar-refractivity contribution in [2.75, 3.05) is 52.6 Å². The Hall–Kier alpha value is -5.38. The van der Waals surface area contributed by atoms with E-state index in [9.17, 15) is 19.2 Å². The molecular weight excluding hydrogens is 785 g/mol. The molecule has 0 amide bonds. The van der Waals surface area contributed by atoms with Crippen molar-refractivity contribution in [1.29, 1.82) is 0 Å². The highest BCUT2D eigenvalue weighted by molar-refractivity contribution is 6.29. The maximum absolute atomic E-state index is 14.5. The van der Waals surface area contributed by atoms with E-state index in [-0.39, 0.29) is 23.1 Å². The number of ether oxygens (including phenoxy) is 2. The molecule has 4 aliphatic rings. The number of morpholine rings is 2. The Morgan fingerprint density at radius 3 is 1.32 bits per heavy atom. The third kappa shape index (κ3) is 7.07. The monoisotopic (exact) mass is 842 g/mol. The molecule has 63 heavy (non-hydrogen) atoms. The molecule has 0 spiro atoms. The molecule has 2 fully saturated rings. The molecule has 8 nitrogen and oxygen atoms in total. The smallest absolute Gasteiger partial charge is 0.194 e. The molecule has 8 heteroatoms. The summed E-state index contributed by atoms with van der Waals surface area (Å²) in [6, 6.07) is 35.8. The van der Waals surface area contributed by atoms with Gasteiger partial charge in [0.1, 0.15) is 0 Å². The number of hydrogen-bond donors (Lipinski definition) is 0. The number of fused-ring (bicyclic) bond motifs is 5. The fourth-order valence-corrected chi connectivity index (χ4v) is 11.6. The zero-order valence-electron chi connectivity index (χ0n) is 37.1. The van der Waals surface area contributed by atoms with Crippen LogP contribution >= 0.6 is 0 Å². The molecule has 0 unspecified atom stereocenters. The third-order valence-electron chi connectivity index (χ3n) is 15.2. The molecule has 2 heterocycles. The Bertz CT molecular complexity index is 2460. The second-order valence-corrected chi connectivity index (χ2v) is 17.9. The van der Waals surface area contributed by atoms with Crippen molar-refractivity contribution in [3.05, 3.63) is 165 Å². The summed E-state index contributed by atoms with van der Waals surface area (Å²) in [5.74, 6) is -0.00984. The van der Waals surface area contributed by atoms with Crippen LogP contribution in [0.4, 0.5) is 0 Å². The number of ketones is 4. The summed E-state index contributed by atoms with van der Waals surface area (Å²) in [6.45, 7) is 13.9. The topological polar surface area (TPSA) is 93.2 Å². The molecule has 2 aliphatic carbocycles. The third-order valence-corrected chi connectivity index (χ3v) is 15.2. The van der Waals surface area contributed by atoms with Gasteiger partial charge in [-0.25, -0.2) is 0 Å². The number of rotatable bonds is 14. The van der Waals surface area contributed by atoms with E-state index in [4.69, 9.17) is 9.47 Å². The van der Waals surface area contributed by atoms with Gasteiger partial charge in [0.2, 0.25) is 0 Å². The first kappa shape index (κ1) is 42.9. The fourth-order valence-electron chi connectivity index (χ4n) is 11.6. The van der Waals surface area contributed by atoms with Gasteiger partial charge in [-0.15, -0.1) is 0 Å². The van der Waals surface area contributed by atoms with Gasteiger partial charge in [0.25, 0.3) is 0 Å². The first-order chi connectivity index (χ1) is 30.6. The van der Waals surface area contributed by atoms with Crippen molar-refractivity contribution in [2.45, 2.75) is 82.7 Å². The summed E-state index contributed by atoms with van der Waals surface area (Å²) in [5.41, 5.74) is 7.46. The first-order valence-electron chi connectivity index (χ1n) is 23.0. The highest BCUT2D eigenvalue weighted by Gasteiger charge is 2.47. The zero-order valence-corrected chi connectivity index (χ0v) is 37.1. The molecule has 0 N–H and O–H groups in total. The van der Waals surface area contributed by atoms with E-state index in [1.807, 2.05) is 48.5 Å². The van der Waals surface area contributed by atoms with Gasteiger partial charge >= 0.3 is 0 Å². The Balaban J connectivity index is 1.13. The van der Waals surface area contributed by atoms with Gasteiger partial charge in [-0.2, -0.15) is 0 Å². The normalized spacial score (nSPS) is 17.5. The minimum absolute atomic E-state index is 0.140. The maximum atomic E-state index is 14.5. The van der Waals surface area contributed by atoms with E-state index >= 15 is 0 Å². The van der Waals surface area contributed by atoms with E-state index in [1.165, 1.54) is 0 Å². The molecule has 0 radical (unpaired) electrons. The first-order valence-corrected chi connectivity index (χ1v) is 23.0. The Kier molecular flexibility index (Phi) is 11.8. The lowest BCUT2D eigenvalue weighted by Gasteiger charge is -2.43. The summed E-state index contributed by atoms with van der Waals surface area (Å²) in [6.07, 6.45) is 4.01. The SMILES string of the molecule is CCC(CC)(C(=O)c1ccc(CC2(Cc3ccc(C(=O)C(CC)(CC)N4CCOCC4)cc3)c3ccccc3-c3cc4c(cc32)C(=O)c2ccccc2C4=O)cc1)N1CCOCC1. The van der Waals surface area contributed by atoms with Crippen LogP contribution in [0.3, 0.4) is 0 Å². The molecule has 0 aromatic heterocycles. The molecule has 9 rings (SSSR count). The van der Waals surface area contributed by atoms with Crippen molar-refractivity contribution in [3.8, 4) is 11.1 Å². The standard InChI is InChI=1S/C55H58N2O6/c1-5-54(6-2,56-25-29-62-30-26-56)51(60)39-21-17-37(18-22-39)35-53(36-38-19-23-40(24-20-38)52(61)55(7-3,8-4)57-27-31-63-32-28-57)47-16-12-11-13-41(47)44-33-45-46(34-48(44)53)50(59)43-15-10-9-14-42(43)49(45)58/h9-24,33-34H,5-8,25-32,35-36H2,1-4H3. The molecule has 2 aliphatic heterocycles. The van der Waals surface area contributed by atoms with Gasteiger partial charge in [-0.05, 0) is 84.0 Å². The average Bonchev–Trinajstić information content (AvgIpc) is 3.60. The van der Waals surface area contributed by atoms with Gasteiger partial charge < -0.3 is 9.47 Å². The highest BCUT2D eigenvalue weighted by atomic mass is 16.5. The van der Waals surface area contributed by atoms with E-state index < -0.39 is 16.5 Å². The van der Waals surface area contributed by atoms with Crippen LogP contribution in [-0.4, -0.2) is 96.6 Å². The van der Waals surface area contributed by atoms with Gasteiger partial charge in [-0.3, -0.25) is 29.0 Å². The predicted octanol–water partition coefficient (Wildman–Crippen LogP) is 9.36. The quantitative estimate of drug-likeness (QED) is 0.100. The number of nitrogens with zero attached hydrogens (tertiary/aromatic N) is 2. The van der Waals surface area contributed by atoms with Crippen molar-refractivity contribution in [2.24, 2.45) is 0 Å². The number of carbonyl (C=O) groups excluding carboxylic acids is 4. The zero-order chi connectivity index (χ0) is 43.9. The number of Topliss-reactive ketones (excluding diaryl/α,β-unsaturated/α-hetero) is 2. The molecule has 324 valence electrons. The van der Waals surface area contributed by atoms with Crippen LogP contribution in [0.1, 0.15) is 128 Å². The van der Waals surface area contributed by atoms with Crippen molar-refractivity contribution < 1.29 is 28.7 Å². The molecular formula is C55H58N2O6. The predicted molar refractivity (Wildman–Crippen MR) is 246 cm³/mol. The van der Waals surface area contributed by atoms with Crippen molar-refractivity contribution in [1.82, 2.24) is 9.80 Å². The largest absolute Gasteiger partial charge is 0.379 e. The lowest BCUT2D eigenvalue weighted by molar-refractivity contribution is -0.0176. The summed E-state index contributed by atoms with van der Waals surface area (Å²) in [5, 5.41) is 0. The number of hydrogen-bond acceptors (Lipinski definition) is 8. The molecule has 5 aromatic rings. The lowest BCUT2D eigenvalue weighted by atomic mass is 9.68. The second kappa shape index (κ2) is 17.3. The van der Waals surface area contributed by atoms with Crippen LogP contribution in [0.15, 0.2) is 109 Å². The molecule has 2 saturated heterocycles. The summed E-state index contributed by atoms with van der Waals surface area (Å²) in [7, 11) is 0. The summed E-state index contributed by atoms with van der Waals surface area (Å²) >= 11 is 0. The molecule has 0 bridgehead atoms. The van der Waals surface area contributed by atoms with Crippen molar-refractivity contribution in [3.63, 3.8) is 0 Å². The van der Waals surface area contributed by atoms with Gasteiger partial charge in [-0.1, -0.05) is 125 Å². The second-order valence-electron chi connectivity index (χ2n) is 17.9. The van der Waals surface area contributed by atoms with Crippen molar-refractivity contribution >= 4 is 23.1 Å². The van der Waals surface area contributed by atoms with Crippen LogP contribution < -0.4 is 0 Å². The fraction of sp³-hybridized carbons (Fsp3) is 0.382. The van der Waals surface area contributed by atoms with E-state index in [0.717, 1.165) is 59.6 Å². The van der Waals surface area contributed by atoms with Crippen LogP contribution in [0, 0.1) is 0 Å². The van der Waals surface area contributed by atoms with E-state index in [0.29, 0.717) is 98.3 Å². The summed E-state index contributed by atoms with van der Waals surface area (Å²) in [4.78, 5) is 62.0. The minimum Gasteiger partial charge on any atom is -0.379 e. The van der Waals surface area contributed by atoms with Crippen LogP contribution in [0.2, 0.25) is 0 Å². The summed E-state index contributed by atoms with van der Waals surface area (Å²) < 4.78 is 11.3. The van der Waals surface area contributed by atoms with Gasteiger partial charge in [0.15, 0.2) is 23.1 Å². The molecule has 0 saturated carbocycles. The maximum Gasteiger partial charge on any atom is 0.194 e. The van der Waals surface area contributed by atoms with Crippen LogP contribution in [-0.2, 0) is 27.7 Å². The minimum atomic E-state index is -0.660. The lowest BCUT2D eigenvalue weighted by Crippen LogP contribution is -2.57. The Labute approximate surface area is 371 Å². The van der Waals surface area contributed by atoms with E-state index in [2.05, 4.69) is 80.0 Å². The van der Waals surface area contributed by atoms with Gasteiger partial charge in [0, 0.05) is 65.0 Å². The van der Waals surface area contributed by atoms with Gasteiger partial charge in [0.05, 0.1) is 37.5 Å². The van der Waals surface area contributed by atoms with E-state index in [1.54, 1.807) is 18.2 Å². The Morgan fingerprint density at radius 2 is 0.889 bits per heavy atom. The number of carbonyl (C=O) groups is 4. The van der Waals surface area contributed by atoms with Crippen LogP contribution in [0.5, 0.6) is 0 Å². The highest BCUT2D eigenvalue weighted by Crippen LogP contribution is 2.54. The Morgan fingerprint density at radius 1 is 0.492 bits per heavy atom. The van der Waals surface area contributed by atoms with Crippen LogP contribution in [0.25, 0.3) is 11.1 Å².